The second kappa shape index (κ2) is 16.1. The van der Waals surface area contributed by atoms with Crippen molar-refractivity contribution in [2.45, 2.75) is 61.2 Å². The summed E-state index contributed by atoms with van der Waals surface area (Å²) in [6.45, 7) is -2.66. The molecule has 15 atom stereocenters. The number of aliphatic hydroxyl groups excluding tert-OH is 4. The number of phosphoric ester groups is 2. The van der Waals surface area contributed by atoms with E-state index in [2.05, 4.69) is 56.2 Å². The van der Waals surface area contributed by atoms with Crippen LogP contribution < -0.4 is 24.5 Å². The summed E-state index contributed by atoms with van der Waals surface area (Å²) in [5, 5.41) is 41.4. The van der Waals surface area contributed by atoms with Gasteiger partial charge in [-0.25, -0.2) is 27.2 Å². The van der Waals surface area contributed by atoms with E-state index in [4.69, 9.17) is 9.47 Å². The Labute approximate surface area is 315 Å². The number of ether oxygens (including phenoxy) is 2. The van der Waals surface area contributed by atoms with Gasteiger partial charge in [-0.3, -0.25) is 52.2 Å². The quantitative estimate of drug-likeness (QED) is 0.104. The van der Waals surface area contributed by atoms with Crippen LogP contribution in [-0.4, -0.2) is 153 Å². The fourth-order valence-electron chi connectivity index (χ4n) is 5.36. The summed E-state index contributed by atoms with van der Waals surface area (Å²) in [6, 6.07) is -2.41. The van der Waals surface area contributed by atoms with Crippen LogP contribution in [0.3, 0.4) is 0 Å². The molecule has 6 aliphatic rings. The Hall–Kier alpha value is -2.57. The molecule has 0 bridgehead atoms. The Kier molecular flexibility index (Phi) is 12.4. The zero-order chi connectivity index (χ0) is 41.9. The molecular weight excluding hydrogens is 891 g/mol. The second-order valence-corrected chi connectivity index (χ2v) is 19.1. The third-order valence-corrected chi connectivity index (χ3v) is 15.1. The molecule has 2 saturated heterocycles. The lowest BCUT2D eigenvalue weighted by molar-refractivity contribution is -0.256. The van der Waals surface area contributed by atoms with Crippen molar-refractivity contribution < 1.29 is 113 Å². The van der Waals surface area contributed by atoms with Gasteiger partial charge in [-0.1, -0.05) is 0 Å². The molecule has 6 aliphatic heterocycles. The van der Waals surface area contributed by atoms with Crippen molar-refractivity contribution >= 4 is 88.0 Å². The van der Waals surface area contributed by atoms with Crippen LogP contribution in [0, 0.1) is 0 Å². The highest BCUT2D eigenvalue weighted by Crippen LogP contribution is 2.69. The van der Waals surface area contributed by atoms with E-state index in [-0.39, 0.29) is 11.7 Å². The second-order valence-electron chi connectivity index (χ2n) is 11.5. The van der Waals surface area contributed by atoms with Crippen LogP contribution in [-0.2, 0) is 68.2 Å². The van der Waals surface area contributed by atoms with Crippen LogP contribution in [0.5, 0.6) is 0 Å². The smallest absolute Gasteiger partial charge is 0.280 e. The first-order chi connectivity index (χ1) is 26.4. The van der Waals surface area contributed by atoms with Crippen LogP contribution in [0.1, 0.15) is 0 Å². The van der Waals surface area contributed by atoms with Gasteiger partial charge >= 0.3 is 0 Å². The van der Waals surface area contributed by atoms with E-state index in [0.717, 1.165) is 35.2 Å². The minimum absolute atomic E-state index is 0.0920. The number of carbonyl (C=O) groups excluding carboxylic acids is 2. The first kappa shape index (κ1) is 44.0. The Balaban J connectivity index is 0.978. The van der Waals surface area contributed by atoms with Crippen molar-refractivity contribution in [3.63, 3.8) is 0 Å². The van der Waals surface area contributed by atoms with Gasteiger partial charge in [0.25, 0.3) is 50.9 Å². The molecule has 0 saturated carbocycles. The lowest BCUT2D eigenvalue weighted by Gasteiger charge is -2.37. The standard InChI is InChI=1S/C20H27N8O24P5/c29-11-7(47-19(13(11)31)27-5-25-9-15(27)21-3-23-17(9)33)1-45-53(35,36)49-55(39,40)51-57(43,44)52-56(41,42)50-54(37,38)46-2-8-12(30)14(32)20(48-8)28-6-26-10-16(28)22-4-24-18(10)34/h3-14,19-20,29-32H,1-2H2,(H,35,36)(H,37,38)(H,39,40)(H,41,42)(H,43,44)/p-5/t7-,8+,9?,10?,11-,12+,13-,14+,19-,20+. The molecule has 6 rings (SSSR count). The van der Waals surface area contributed by atoms with Gasteiger partial charge in [0, 0.05) is 0 Å². The van der Waals surface area contributed by atoms with Crippen molar-refractivity contribution in [3.05, 3.63) is 0 Å². The topological polar surface area (TPSA) is 470 Å². The molecule has 0 aromatic heterocycles. The van der Waals surface area contributed by atoms with E-state index in [1.54, 1.807) is 0 Å². The summed E-state index contributed by atoms with van der Waals surface area (Å²) in [5.41, 5.74) is 0. The van der Waals surface area contributed by atoms with Crippen LogP contribution >= 0.6 is 39.1 Å². The van der Waals surface area contributed by atoms with Gasteiger partial charge in [-0.05, 0) is 0 Å². The minimum atomic E-state index is -6.90. The number of hydrogen-bond acceptors (Lipinski definition) is 30. The number of carbonyl (C=O) groups is 2. The fourth-order valence-corrected chi connectivity index (χ4v) is 11.5. The van der Waals surface area contributed by atoms with Crippen LogP contribution in [0.4, 0.5) is 0 Å². The highest BCUT2D eigenvalue weighted by Gasteiger charge is 2.51. The summed E-state index contributed by atoms with van der Waals surface area (Å²) >= 11 is 0. The normalized spacial score (nSPS) is 37.2. The first-order valence-corrected chi connectivity index (χ1v) is 22.3. The van der Waals surface area contributed by atoms with Crippen LogP contribution in [0.2, 0.25) is 0 Å². The average Bonchev–Trinajstić information content (AvgIpc) is 3.83. The summed E-state index contributed by atoms with van der Waals surface area (Å²) in [7, 11) is -33.0. The van der Waals surface area contributed by atoms with E-state index in [0.29, 0.717) is 0 Å². The highest BCUT2D eigenvalue weighted by atomic mass is 31.3. The van der Waals surface area contributed by atoms with Gasteiger partial charge < -0.3 is 63.4 Å². The predicted molar refractivity (Wildman–Crippen MR) is 166 cm³/mol. The maximum atomic E-state index is 12.2. The van der Waals surface area contributed by atoms with Crippen LogP contribution in [0.25, 0.3) is 0 Å². The zero-order valence-corrected chi connectivity index (χ0v) is 31.7. The summed E-state index contributed by atoms with van der Waals surface area (Å²) in [6.07, 6.45) is -10.6. The molecular formula is C20H22N8O24P5-5. The molecule has 2 fully saturated rings. The number of rotatable bonds is 16. The molecule has 7 unspecified atom stereocenters. The van der Waals surface area contributed by atoms with Gasteiger partial charge in [0.1, 0.15) is 61.0 Å². The summed E-state index contributed by atoms with van der Waals surface area (Å²) < 4.78 is 93.4. The third-order valence-electron chi connectivity index (χ3n) is 7.73. The molecule has 0 aromatic carbocycles. The molecule has 0 aliphatic carbocycles. The Bertz CT molecular complexity index is 1960. The monoisotopic (exact) mass is 913 g/mol. The van der Waals surface area contributed by atoms with Gasteiger partial charge in [-0.2, -0.15) is 9.98 Å². The molecule has 4 N–H and O–H groups in total. The predicted octanol–water partition coefficient (Wildman–Crippen LogP) is -7.32. The van der Waals surface area contributed by atoms with Gasteiger partial charge in [0.15, 0.2) is 24.5 Å². The Morgan fingerprint density at radius 1 is 0.579 bits per heavy atom. The molecule has 2 amide bonds. The highest BCUT2D eigenvalue weighted by molar-refractivity contribution is 7.70. The number of nitrogens with zero attached hydrogens (tertiary/aromatic N) is 8. The van der Waals surface area contributed by atoms with E-state index in [1.807, 2.05) is 0 Å². The summed E-state index contributed by atoms with van der Waals surface area (Å²) in [4.78, 5) is 108. The molecule has 32 nitrogen and oxygen atoms in total. The maximum absolute atomic E-state index is 12.2. The van der Waals surface area contributed by atoms with Gasteiger partial charge in [-0.15, -0.1) is 0 Å². The molecule has 37 heteroatoms. The molecule has 0 spiro atoms. The Morgan fingerprint density at radius 2 is 0.912 bits per heavy atom. The third kappa shape index (κ3) is 9.91. The van der Waals surface area contributed by atoms with E-state index in [9.17, 15) is 77.3 Å². The van der Waals surface area contributed by atoms with E-state index >= 15 is 0 Å². The number of aliphatic imine (C=N–C) groups is 6. The minimum Gasteiger partial charge on any atom is -0.756 e. The number of amidine groups is 2. The van der Waals surface area contributed by atoms with Gasteiger partial charge in [0.05, 0.1) is 25.9 Å². The van der Waals surface area contributed by atoms with Crippen LogP contribution in [0.15, 0.2) is 30.0 Å². The maximum Gasteiger partial charge on any atom is 0.280 e. The Morgan fingerprint density at radius 3 is 1.26 bits per heavy atom. The van der Waals surface area contributed by atoms with E-state index in [1.165, 1.54) is 0 Å². The van der Waals surface area contributed by atoms with Crippen molar-refractivity contribution in [2.75, 3.05) is 13.2 Å². The lowest BCUT2D eigenvalue weighted by Crippen LogP contribution is -2.48. The number of fused-ring (bicyclic) bond motifs is 2. The largest absolute Gasteiger partial charge is 0.756 e. The fraction of sp³-hybridized carbons (Fsp3) is 0.600. The van der Waals surface area contributed by atoms with Crippen molar-refractivity contribution in [3.8, 4) is 0 Å². The molecule has 0 aromatic rings. The van der Waals surface area contributed by atoms with Gasteiger partial charge in [0.2, 0.25) is 0 Å². The average molecular weight is 913 g/mol. The molecule has 0 radical (unpaired) electrons. The lowest BCUT2D eigenvalue weighted by atomic mass is 10.1. The first-order valence-electron chi connectivity index (χ1n) is 15.0. The number of phosphoric acid groups is 5. The molecule has 57 heavy (non-hydrogen) atoms. The summed E-state index contributed by atoms with van der Waals surface area (Å²) in [5.74, 6) is -1.65. The SMILES string of the molecule is O=C1N=CN=C2C1N=CN2[C@@H]1O[C@H](COP(=O)([O-])OP(=O)([O-])OP(=O)([O-])OP(=O)([O-])OP(=O)([O-])OC[C@@H]2O[C@H](N3C=NC4C(=O)N=CN=C43)[C@@H](O)[C@H]2O)[C@@H](O)[C@H]1O. The van der Waals surface area contributed by atoms with Crippen molar-refractivity contribution in [1.82, 2.24) is 9.80 Å². The van der Waals surface area contributed by atoms with Crippen molar-refractivity contribution in [1.29, 1.82) is 0 Å². The zero-order valence-electron chi connectivity index (χ0n) is 27.3. The number of aliphatic hydroxyl groups is 4. The van der Waals surface area contributed by atoms with E-state index < -0.39 is 125 Å². The van der Waals surface area contributed by atoms with Crippen molar-refractivity contribution in [2.24, 2.45) is 30.0 Å². The number of amides is 2. The number of hydrogen-bond donors (Lipinski definition) is 4. The molecule has 6 heterocycles. The molecule has 316 valence electrons.